The van der Waals surface area contributed by atoms with Gasteiger partial charge in [0.2, 0.25) is 0 Å². The Kier molecular flexibility index (Phi) is 5.37. The molecule has 19 heavy (non-hydrogen) atoms. The number of hydrogen-bond donors (Lipinski definition) is 1. The highest BCUT2D eigenvalue weighted by Crippen LogP contribution is 2.37. The lowest BCUT2D eigenvalue weighted by molar-refractivity contribution is 0.229. The Bertz CT molecular complexity index is 434. The van der Waals surface area contributed by atoms with Crippen molar-refractivity contribution in [1.82, 2.24) is 4.90 Å². The van der Waals surface area contributed by atoms with Crippen molar-refractivity contribution in [3.63, 3.8) is 0 Å². The summed E-state index contributed by atoms with van der Waals surface area (Å²) >= 11 is 9.59. The number of likely N-dealkylation sites (tertiary alicyclic amines) is 1. The summed E-state index contributed by atoms with van der Waals surface area (Å²) in [6.45, 7) is 5.65. The molecule has 0 spiro atoms. The Morgan fingerprint density at radius 2 is 2.11 bits per heavy atom. The number of hydrogen-bond acceptors (Lipinski definition) is 3. The van der Waals surface area contributed by atoms with Gasteiger partial charge in [0.15, 0.2) is 5.75 Å². The van der Waals surface area contributed by atoms with E-state index in [9.17, 15) is 0 Å². The molecule has 0 bridgehead atoms. The summed E-state index contributed by atoms with van der Waals surface area (Å²) in [5.41, 5.74) is 0.969. The number of halogens is 2. The van der Waals surface area contributed by atoms with Crippen LogP contribution in [0.1, 0.15) is 19.8 Å². The summed E-state index contributed by atoms with van der Waals surface area (Å²) in [4.78, 5) is 2.48. The molecule has 1 N–H and O–H groups in total. The Morgan fingerprint density at radius 1 is 1.42 bits per heavy atom. The maximum Gasteiger partial charge on any atom is 0.156 e. The predicted octanol–water partition coefficient (Wildman–Crippen LogP) is 4.01. The number of ether oxygens (including phenoxy) is 1. The number of rotatable bonds is 4. The average Bonchev–Trinajstić information content (AvgIpc) is 2.39. The van der Waals surface area contributed by atoms with Crippen molar-refractivity contribution >= 4 is 33.2 Å². The molecule has 1 aliphatic heterocycles. The van der Waals surface area contributed by atoms with E-state index in [4.69, 9.17) is 16.3 Å². The van der Waals surface area contributed by atoms with Crippen molar-refractivity contribution in [3.8, 4) is 5.75 Å². The van der Waals surface area contributed by atoms with Crippen LogP contribution >= 0.6 is 27.5 Å². The third-order valence-corrected chi connectivity index (χ3v) is 4.41. The van der Waals surface area contributed by atoms with Crippen molar-refractivity contribution in [2.45, 2.75) is 25.8 Å². The summed E-state index contributed by atoms with van der Waals surface area (Å²) in [6, 6.07) is 4.27. The largest absolute Gasteiger partial charge is 0.493 e. The second-order valence-electron chi connectivity index (χ2n) is 4.82. The summed E-state index contributed by atoms with van der Waals surface area (Å²) in [7, 11) is 1.68. The number of methoxy groups -OCH3 is 1. The van der Waals surface area contributed by atoms with Crippen molar-refractivity contribution in [2.24, 2.45) is 0 Å². The molecule has 1 heterocycles. The molecule has 1 aromatic rings. The Balaban J connectivity index is 2.07. The number of nitrogens with zero attached hydrogens (tertiary/aromatic N) is 1. The number of piperidine rings is 1. The van der Waals surface area contributed by atoms with Crippen molar-refractivity contribution in [3.05, 3.63) is 21.6 Å². The van der Waals surface area contributed by atoms with Gasteiger partial charge in [-0.25, -0.2) is 0 Å². The van der Waals surface area contributed by atoms with E-state index in [-0.39, 0.29) is 0 Å². The molecule has 106 valence electrons. The first kappa shape index (κ1) is 14.9. The first-order chi connectivity index (χ1) is 9.13. The fourth-order valence-electron chi connectivity index (χ4n) is 2.49. The van der Waals surface area contributed by atoms with Crippen LogP contribution in [-0.2, 0) is 0 Å². The molecule has 0 aliphatic carbocycles. The fourth-order valence-corrected chi connectivity index (χ4v) is 3.46. The summed E-state index contributed by atoms with van der Waals surface area (Å²) < 4.78 is 6.32. The molecular weight excluding hydrogens is 328 g/mol. The molecule has 5 heteroatoms. The second-order valence-corrected chi connectivity index (χ2v) is 6.11. The molecule has 2 rings (SSSR count). The first-order valence-electron chi connectivity index (χ1n) is 6.66. The van der Waals surface area contributed by atoms with E-state index < -0.39 is 0 Å². The number of anilines is 1. The lowest BCUT2D eigenvalue weighted by Gasteiger charge is -2.32. The molecule has 0 atom stereocenters. The molecule has 0 aromatic heterocycles. The van der Waals surface area contributed by atoms with Gasteiger partial charge in [-0.3, -0.25) is 0 Å². The maximum absolute atomic E-state index is 6.11. The minimum Gasteiger partial charge on any atom is -0.493 e. The Morgan fingerprint density at radius 3 is 2.68 bits per heavy atom. The van der Waals surface area contributed by atoms with Gasteiger partial charge >= 0.3 is 0 Å². The molecular formula is C14H20BrClN2O. The standard InChI is InChI=1S/C14H20BrClN2O/c1-3-18-6-4-11(5-7-18)17-13-9-10(16)8-12(15)14(13)19-2/h8-9,11,17H,3-7H2,1-2H3. The van der Waals surface area contributed by atoms with Gasteiger partial charge in [0.1, 0.15) is 0 Å². The van der Waals surface area contributed by atoms with Gasteiger partial charge in [0, 0.05) is 24.2 Å². The van der Waals surface area contributed by atoms with Crippen LogP contribution in [-0.4, -0.2) is 37.7 Å². The fraction of sp³-hybridized carbons (Fsp3) is 0.571. The van der Waals surface area contributed by atoms with Crippen LogP contribution < -0.4 is 10.1 Å². The van der Waals surface area contributed by atoms with Crippen LogP contribution in [0.5, 0.6) is 5.75 Å². The zero-order valence-corrected chi connectivity index (χ0v) is 13.7. The first-order valence-corrected chi connectivity index (χ1v) is 7.83. The molecule has 0 saturated carbocycles. The summed E-state index contributed by atoms with van der Waals surface area (Å²) in [6.07, 6.45) is 2.31. The monoisotopic (exact) mass is 346 g/mol. The normalized spacial score (nSPS) is 17.5. The molecule has 0 unspecified atom stereocenters. The zero-order valence-electron chi connectivity index (χ0n) is 11.4. The van der Waals surface area contributed by atoms with Gasteiger partial charge in [0.25, 0.3) is 0 Å². The Hall–Kier alpha value is -0.450. The molecule has 1 fully saturated rings. The lowest BCUT2D eigenvalue weighted by atomic mass is 10.0. The van der Waals surface area contributed by atoms with Crippen molar-refractivity contribution in [1.29, 1.82) is 0 Å². The summed E-state index contributed by atoms with van der Waals surface area (Å²) in [5.74, 6) is 0.822. The molecule has 3 nitrogen and oxygen atoms in total. The minimum atomic E-state index is 0.488. The smallest absolute Gasteiger partial charge is 0.156 e. The summed E-state index contributed by atoms with van der Waals surface area (Å²) in [5, 5.41) is 4.27. The van der Waals surface area contributed by atoms with Crippen LogP contribution in [0.15, 0.2) is 16.6 Å². The lowest BCUT2D eigenvalue weighted by Crippen LogP contribution is -2.38. The minimum absolute atomic E-state index is 0.488. The molecule has 0 amide bonds. The van der Waals surface area contributed by atoms with E-state index >= 15 is 0 Å². The highest BCUT2D eigenvalue weighted by molar-refractivity contribution is 9.10. The molecule has 1 aliphatic rings. The third-order valence-electron chi connectivity index (χ3n) is 3.61. The van der Waals surface area contributed by atoms with Crippen LogP contribution in [0.2, 0.25) is 5.02 Å². The second kappa shape index (κ2) is 6.82. The highest BCUT2D eigenvalue weighted by Gasteiger charge is 2.19. The van der Waals surface area contributed by atoms with Gasteiger partial charge in [0.05, 0.1) is 17.3 Å². The molecule has 1 saturated heterocycles. The quantitative estimate of drug-likeness (QED) is 0.890. The van der Waals surface area contributed by atoms with Gasteiger partial charge in [-0.05, 0) is 47.4 Å². The van der Waals surface area contributed by atoms with E-state index in [0.717, 1.165) is 48.4 Å². The predicted molar refractivity (Wildman–Crippen MR) is 84.5 cm³/mol. The van der Waals surface area contributed by atoms with Crippen molar-refractivity contribution in [2.75, 3.05) is 32.1 Å². The van der Waals surface area contributed by atoms with Gasteiger partial charge in [-0.15, -0.1) is 0 Å². The van der Waals surface area contributed by atoms with E-state index in [0.29, 0.717) is 11.1 Å². The topological polar surface area (TPSA) is 24.5 Å². The van der Waals surface area contributed by atoms with Crippen molar-refractivity contribution < 1.29 is 4.74 Å². The van der Waals surface area contributed by atoms with Crippen LogP contribution in [0.3, 0.4) is 0 Å². The average molecular weight is 348 g/mol. The van der Waals surface area contributed by atoms with Gasteiger partial charge in [-0.1, -0.05) is 18.5 Å². The van der Waals surface area contributed by atoms with Crippen LogP contribution in [0.25, 0.3) is 0 Å². The van der Waals surface area contributed by atoms with E-state index in [1.807, 2.05) is 12.1 Å². The van der Waals surface area contributed by atoms with Crippen LogP contribution in [0, 0.1) is 0 Å². The number of benzene rings is 1. The zero-order chi connectivity index (χ0) is 13.8. The van der Waals surface area contributed by atoms with E-state index in [1.165, 1.54) is 0 Å². The van der Waals surface area contributed by atoms with E-state index in [1.54, 1.807) is 7.11 Å². The number of nitrogens with one attached hydrogen (secondary N) is 1. The highest BCUT2D eigenvalue weighted by atomic mass is 79.9. The van der Waals surface area contributed by atoms with Gasteiger partial charge < -0.3 is 15.0 Å². The molecule has 0 radical (unpaired) electrons. The third kappa shape index (κ3) is 3.77. The van der Waals surface area contributed by atoms with Gasteiger partial charge in [-0.2, -0.15) is 0 Å². The molecule has 1 aromatic carbocycles. The van der Waals surface area contributed by atoms with Crippen LogP contribution in [0.4, 0.5) is 5.69 Å². The Labute approximate surface area is 128 Å². The maximum atomic E-state index is 6.11. The van der Waals surface area contributed by atoms with E-state index in [2.05, 4.69) is 33.1 Å². The SMILES string of the molecule is CCN1CCC(Nc2cc(Cl)cc(Br)c2OC)CC1.